The molecule has 0 fully saturated rings. The number of aromatic nitrogens is 1. The van der Waals surface area contributed by atoms with Crippen molar-refractivity contribution in [2.24, 2.45) is 0 Å². The van der Waals surface area contributed by atoms with Crippen LogP contribution in [0.5, 0.6) is 0 Å². The van der Waals surface area contributed by atoms with Crippen molar-refractivity contribution >= 4 is 10.9 Å². The molecule has 0 atom stereocenters. The lowest BCUT2D eigenvalue weighted by atomic mass is 10.3. The summed E-state index contributed by atoms with van der Waals surface area (Å²) < 4.78 is 0. The predicted molar refractivity (Wildman–Crippen MR) is 36.0 cm³/mol. The zero-order valence-electron chi connectivity index (χ0n) is 4.81. The Labute approximate surface area is 53.3 Å². The number of nitrogens with one attached hydrogen (secondary N) is 1. The zero-order valence-corrected chi connectivity index (χ0v) is 4.81. The minimum absolute atomic E-state index is 1.03. The number of rotatable bonds is 0. The lowest BCUT2D eigenvalue weighted by Gasteiger charge is -1.82. The summed E-state index contributed by atoms with van der Waals surface area (Å²) >= 11 is 0. The molecule has 0 bridgehead atoms. The maximum atomic E-state index is 3.04. The second-order valence-electron chi connectivity index (χ2n) is 1.89. The average Bonchev–Trinajstić information content (AvgIpc) is 2.33. The molecule has 1 aromatic heterocycles. The smallest absolute Gasteiger partial charge is 0.0540 e. The number of fused-ring (bicyclic) bond motifs is 1. The molecule has 0 amide bonds. The van der Waals surface area contributed by atoms with Crippen LogP contribution in [0.4, 0.5) is 0 Å². The van der Waals surface area contributed by atoms with Gasteiger partial charge in [0.1, 0.15) is 0 Å². The molecule has 2 radical (unpaired) electrons. The molecule has 0 aliphatic heterocycles. The monoisotopic (exact) mass is 115 g/mol. The molecule has 0 aliphatic carbocycles. The van der Waals surface area contributed by atoms with Crippen LogP contribution in [0.25, 0.3) is 10.9 Å². The van der Waals surface area contributed by atoms with Gasteiger partial charge in [0.25, 0.3) is 0 Å². The first-order valence-electron chi connectivity index (χ1n) is 2.82. The number of H-pyrrole nitrogens is 1. The van der Waals surface area contributed by atoms with Gasteiger partial charge in [0, 0.05) is 23.7 Å². The lowest BCUT2D eigenvalue weighted by Crippen LogP contribution is -1.62. The molecule has 42 valence electrons. The maximum Gasteiger partial charge on any atom is 0.0540 e. The maximum absolute atomic E-state index is 3.04. The Morgan fingerprint density at radius 2 is 2.33 bits per heavy atom. The molecule has 0 aliphatic rings. The molecule has 1 heteroatoms. The molecular formula is C8H5N. The van der Waals surface area contributed by atoms with Crippen LogP contribution in [0.2, 0.25) is 0 Å². The fourth-order valence-electron chi connectivity index (χ4n) is 0.863. The summed E-state index contributed by atoms with van der Waals surface area (Å²) in [5.74, 6) is 0. The van der Waals surface area contributed by atoms with Crippen molar-refractivity contribution in [1.29, 1.82) is 0 Å². The van der Waals surface area contributed by atoms with E-state index in [9.17, 15) is 0 Å². The van der Waals surface area contributed by atoms with E-state index >= 15 is 0 Å². The summed E-state index contributed by atoms with van der Waals surface area (Å²) in [5, 5.41) is 1.09. The minimum atomic E-state index is 1.03. The normalized spacial score (nSPS) is 10.2. The Balaban J connectivity index is 2.95. The third kappa shape index (κ3) is 0.617. The van der Waals surface area contributed by atoms with Crippen molar-refractivity contribution in [3.05, 3.63) is 36.5 Å². The van der Waals surface area contributed by atoms with E-state index in [4.69, 9.17) is 0 Å². The van der Waals surface area contributed by atoms with Gasteiger partial charge in [0.2, 0.25) is 0 Å². The Bertz CT molecular complexity index is 279. The molecule has 0 unspecified atom stereocenters. The topological polar surface area (TPSA) is 15.8 Å². The highest BCUT2D eigenvalue weighted by molar-refractivity contribution is 5.77. The van der Waals surface area contributed by atoms with E-state index in [0.29, 0.717) is 0 Å². The molecule has 2 rings (SSSR count). The Hall–Kier alpha value is -1.24. The number of hydrogen-bond donors (Lipinski definition) is 1. The molecule has 9 heavy (non-hydrogen) atoms. The Kier molecular flexibility index (Phi) is 0.833. The fourth-order valence-corrected chi connectivity index (χ4v) is 0.863. The van der Waals surface area contributed by atoms with Gasteiger partial charge in [-0.2, -0.15) is 0 Å². The Morgan fingerprint density at radius 3 is 3.22 bits per heavy atom. The van der Waals surface area contributed by atoms with Gasteiger partial charge in [-0.15, -0.1) is 0 Å². The van der Waals surface area contributed by atoms with E-state index in [-0.39, 0.29) is 0 Å². The molecule has 1 aromatic carbocycles. The van der Waals surface area contributed by atoms with Gasteiger partial charge < -0.3 is 4.98 Å². The highest BCUT2D eigenvalue weighted by atomic mass is 14.6. The van der Waals surface area contributed by atoms with E-state index in [2.05, 4.69) is 17.1 Å². The molecular weight excluding hydrogens is 110 g/mol. The van der Waals surface area contributed by atoms with Crippen molar-refractivity contribution in [1.82, 2.24) is 4.98 Å². The predicted octanol–water partition coefficient (Wildman–Crippen LogP) is 1.77. The van der Waals surface area contributed by atoms with Gasteiger partial charge in [-0.05, 0) is 0 Å². The SMILES string of the molecule is [c]1c[nH]c2[c]cccc12. The summed E-state index contributed by atoms with van der Waals surface area (Å²) in [6.45, 7) is 0. The third-order valence-electron chi connectivity index (χ3n) is 1.30. The van der Waals surface area contributed by atoms with Gasteiger partial charge in [-0.25, -0.2) is 0 Å². The summed E-state index contributed by atoms with van der Waals surface area (Å²) in [6.07, 6.45) is 1.79. The minimum Gasteiger partial charge on any atom is -0.360 e. The van der Waals surface area contributed by atoms with E-state index in [0.717, 1.165) is 10.9 Å². The van der Waals surface area contributed by atoms with E-state index < -0.39 is 0 Å². The number of benzene rings is 1. The number of para-hydroxylation sites is 1. The Morgan fingerprint density at radius 1 is 1.33 bits per heavy atom. The first-order valence-corrected chi connectivity index (χ1v) is 2.82. The van der Waals surface area contributed by atoms with Crippen LogP contribution in [0.3, 0.4) is 0 Å². The first-order chi connectivity index (χ1) is 4.47. The van der Waals surface area contributed by atoms with Crippen LogP contribution in [0.1, 0.15) is 0 Å². The van der Waals surface area contributed by atoms with Crippen LogP contribution < -0.4 is 0 Å². The summed E-state index contributed by atoms with van der Waals surface area (Å²) in [5.41, 5.74) is 1.03. The van der Waals surface area contributed by atoms with Gasteiger partial charge in [0.05, 0.1) is 5.52 Å². The van der Waals surface area contributed by atoms with Crippen LogP contribution in [-0.4, -0.2) is 4.98 Å². The average molecular weight is 115 g/mol. The summed E-state index contributed by atoms with van der Waals surface area (Å²) in [4.78, 5) is 3.01. The van der Waals surface area contributed by atoms with Gasteiger partial charge in [-0.3, -0.25) is 0 Å². The number of hydrogen-bond acceptors (Lipinski definition) is 0. The summed E-state index contributed by atoms with van der Waals surface area (Å²) in [7, 11) is 0. The molecule has 0 saturated heterocycles. The van der Waals surface area contributed by atoms with Crippen molar-refractivity contribution < 1.29 is 0 Å². The summed E-state index contributed by atoms with van der Waals surface area (Å²) in [6, 6.07) is 11.9. The van der Waals surface area contributed by atoms with Crippen LogP contribution in [0, 0.1) is 12.1 Å². The zero-order chi connectivity index (χ0) is 6.10. The van der Waals surface area contributed by atoms with Crippen molar-refractivity contribution in [3.63, 3.8) is 0 Å². The van der Waals surface area contributed by atoms with Gasteiger partial charge >= 0.3 is 0 Å². The quantitative estimate of drug-likeness (QED) is 0.538. The van der Waals surface area contributed by atoms with Crippen molar-refractivity contribution in [3.8, 4) is 0 Å². The fraction of sp³-hybridized carbons (Fsp3) is 0. The highest BCUT2D eigenvalue weighted by Crippen LogP contribution is 2.07. The number of aromatic amines is 1. The van der Waals surface area contributed by atoms with Crippen molar-refractivity contribution in [2.75, 3.05) is 0 Å². The molecule has 0 spiro atoms. The largest absolute Gasteiger partial charge is 0.360 e. The molecule has 2 aromatic rings. The standard InChI is InChI=1S/C8H5N/c1-2-4-8-7(3-1)5-6-9-8/h1-3,6,9H. The van der Waals surface area contributed by atoms with Gasteiger partial charge in [0.15, 0.2) is 0 Å². The van der Waals surface area contributed by atoms with Crippen LogP contribution in [0.15, 0.2) is 24.4 Å². The second kappa shape index (κ2) is 1.62. The highest BCUT2D eigenvalue weighted by Gasteiger charge is 1.88. The van der Waals surface area contributed by atoms with Gasteiger partial charge in [-0.1, -0.05) is 18.2 Å². The van der Waals surface area contributed by atoms with E-state index in [1.54, 1.807) is 6.20 Å². The van der Waals surface area contributed by atoms with E-state index in [1.807, 2.05) is 18.2 Å². The second-order valence-corrected chi connectivity index (χ2v) is 1.89. The third-order valence-corrected chi connectivity index (χ3v) is 1.30. The molecule has 1 nitrogen and oxygen atoms in total. The van der Waals surface area contributed by atoms with E-state index in [1.165, 1.54) is 0 Å². The van der Waals surface area contributed by atoms with Crippen LogP contribution in [-0.2, 0) is 0 Å². The molecule has 0 saturated carbocycles. The first kappa shape index (κ1) is 4.62. The lowest BCUT2D eigenvalue weighted by molar-refractivity contribution is 1.47. The van der Waals surface area contributed by atoms with Crippen molar-refractivity contribution in [2.45, 2.75) is 0 Å². The molecule has 1 N–H and O–H groups in total. The molecule has 1 heterocycles. The van der Waals surface area contributed by atoms with Crippen LogP contribution >= 0.6 is 0 Å².